The van der Waals surface area contributed by atoms with Crippen molar-refractivity contribution in [2.24, 2.45) is 0 Å². The van der Waals surface area contributed by atoms with E-state index >= 15 is 0 Å². The number of carboxylic acids is 1. The molecule has 0 heterocycles. The van der Waals surface area contributed by atoms with E-state index < -0.39 is 11.9 Å². The fourth-order valence-electron chi connectivity index (χ4n) is 3.19. The predicted molar refractivity (Wildman–Crippen MR) is 104 cm³/mol. The molecule has 1 aliphatic rings. The Balaban J connectivity index is 1.66. The lowest BCUT2D eigenvalue weighted by Gasteiger charge is -2.22. The molecular weight excluding hydrogens is 346 g/mol. The van der Waals surface area contributed by atoms with Gasteiger partial charge in [-0.1, -0.05) is 31.4 Å². The fraction of sp³-hybridized carbons (Fsp3) is 0.550. The Hall–Kier alpha value is -2.57. The Bertz CT molecular complexity index is 656. The monoisotopic (exact) mass is 375 g/mol. The van der Waals surface area contributed by atoms with Gasteiger partial charge >= 0.3 is 12.0 Å². The molecule has 1 atom stereocenters. The lowest BCUT2D eigenvalue weighted by Crippen LogP contribution is -2.43. The maximum absolute atomic E-state index is 12.0. The molecule has 148 valence electrons. The number of hydrogen-bond donors (Lipinski definition) is 4. The van der Waals surface area contributed by atoms with E-state index in [1.165, 1.54) is 6.42 Å². The lowest BCUT2D eigenvalue weighted by atomic mass is 9.96. The van der Waals surface area contributed by atoms with Gasteiger partial charge in [-0.05, 0) is 43.9 Å². The molecule has 0 aromatic heterocycles. The minimum absolute atomic E-state index is 0.162. The number of urea groups is 1. The summed E-state index contributed by atoms with van der Waals surface area (Å²) in [5.41, 5.74) is 1.22. The number of benzene rings is 1. The normalized spacial score (nSPS) is 15.6. The van der Waals surface area contributed by atoms with Crippen molar-refractivity contribution in [2.45, 2.75) is 63.8 Å². The van der Waals surface area contributed by atoms with E-state index in [1.807, 2.05) is 0 Å². The summed E-state index contributed by atoms with van der Waals surface area (Å²) in [5.74, 6) is -1.70. The van der Waals surface area contributed by atoms with E-state index in [1.54, 1.807) is 31.2 Å². The molecule has 2 rings (SSSR count). The Labute approximate surface area is 159 Å². The van der Waals surface area contributed by atoms with E-state index in [4.69, 9.17) is 5.11 Å². The first-order valence-electron chi connectivity index (χ1n) is 9.62. The topological polar surface area (TPSA) is 108 Å². The highest BCUT2D eigenvalue weighted by Gasteiger charge is 2.16. The summed E-state index contributed by atoms with van der Waals surface area (Å²) in [4.78, 5) is 34.9. The molecule has 4 N–H and O–H groups in total. The van der Waals surface area contributed by atoms with Gasteiger partial charge < -0.3 is 21.1 Å². The van der Waals surface area contributed by atoms with Crippen LogP contribution in [0.1, 0.15) is 63.4 Å². The van der Waals surface area contributed by atoms with Gasteiger partial charge in [-0.15, -0.1) is 0 Å². The van der Waals surface area contributed by atoms with Gasteiger partial charge in [-0.2, -0.15) is 0 Å². The van der Waals surface area contributed by atoms with Crippen LogP contribution in [0.2, 0.25) is 0 Å². The number of carbonyl (C=O) groups excluding carboxylic acids is 2. The molecule has 0 radical (unpaired) electrons. The molecule has 1 saturated carbocycles. The minimum Gasteiger partial charge on any atom is -0.481 e. The molecule has 3 amide bonds. The van der Waals surface area contributed by atoms with Crippen molar-refractivity contribution in [1.29, 1.82) is 0 Å². The molecule has 1 aromatic rings. The number of carboxylic acid groups (broad SMARTS) is 1. The molecule has 1 fully saturated rings. The number of anilines is 1. The van der Waals surface area contributed by atoms with E-state index in [-0.39, 0.29) is 24.4 Å². The summed E-state index contributed by atoms with van der Waals surface area (Å²) in [7, 11) is 0. The number of amides is 3. The minimum atomic E-state index is -0.906. The van der Waals surface area contributed by atoms with Crippen LogP contribution in [0.5, 0.6) is 0 Å². The largest absolute Gasteiger partial charge is 0.481 e. The van der Waals surface area contributed by atoms with Crippen LogP contribution < -0.4 is 16.0 Å². The summed E-state index contributed by atoms with van der Waals surface area (Å²) in [5, 5.41) is 17.6. The first-order chi connectivity index (χ1) is 13.0. The van der Waals surface area contributed by atoms with Gasteiger partial charge in [0, 0.05) is 24.7 Å². The smallest absolute Gasteiger partial charge is 0.315 e. The molecule has 0 spiro atoms. The molecule has 0 aliphatic heterocycles. The molecule has 1 unspecified atom stereocenters. The van der Waals surface area contributed by atoms with Crippen molar-refractivity contribution in [3.8, 4) is 0 Å². The van der Waals surface area contributed by atoms with Gasteiger partial charge in [0.2, 0.25) is 5.91 Å². The van der Waals surface area contributed by atoms with Crippen molar-refractivity contribution >= 4 is 23.6 Å². The van der Waals surface area contributed by atoms with Gasteiger partial charge in [-0.3, -0.25) is 9.59 Å². The highest BCUT2D eigenvalue weighted by Crippen LogP contribution is 2.20. The van der Waals surface area contributed by atoms with Crippen LogP contribution in [0.15, 0.2) is 24.3 Å². The fourth-order valence-corrected chi connectivity index (χ4v) is 3.19. The van der Waals surface area contributed by atoms with Crippen molar-refractivity contribution < 1.29 is 19.5 Å². The van der Waals surface area contributed by atoms with Crippen LogP contribution in [-0.4, -0.2) is 35.6 Å². The molecule has 7 nitrogen and oxygen atoms in total. The maximum atomic E-state index is 12.0. The zero-order valence-electron chi connectivity index (χ0n) is 15.8. The second-order valence-corrected chi connectivity index (χ2v) is 7.07. The van der Waals surface area contributed by atoms with Gasteiger partial charge in [-0.25, -0.2) is 4.79 Å². The summed E-state index contributed by atoms with van der Waals surface area (Å²) >= 11 is 0. The predicted octanol–water partition coefficient (Wildman–Crippen LogP) is 3.23. The zero-order chi connectivity index (χ0) is 19.6. The van der Waals surface area contributed by atoms with Gasteiger partial charge in [0.05, 0.1) is 5.92 Å². The SMILES string of the molecule is CC(C(=O)O)c1cccc(NC(=O)CCCNC(=O)NC2CCCCC2)c1. The standard InChI is InChI=1S/C20H29N3O4/c1-14(19(25)26)15-7-5-10-17(13-15)22-18(24)11-6-12-21-20(27)23-16-8-3-2-4-9-16/h5,7,10,13-14,16H,2-4,6,8-9,11-12H2,1H3,(H,22,24)(H,25,26)(H2,21,23,27). The average molecular weight is 375 g/mol. The zero-order valence-corrected chi connectivity index (χ0v) is 15.8. The quantitative estimate of drug-likeness (QED) is 0.523. The van der Waals surface area contributed by atoms with E-state index in [0.29, 0.717) is 24.2 Å². The van der Waals surface area contributed by atoms with E-state index in [9.17, 15) is 14.4 Å². The van der Waals surface area contributed by atoms with Crippen LogP contribution >= 0.6 is 0 Å². The van der Waals surface area contributed by atoms with Gasteiger partial charge in [0.1, 0.15) is 0 Å². The first kappa shape index (κ1) is 20.7. The van der Waals surface area contributed by atoms with Gasteiger partial charge in [0.15, 0.2) is 0 Å². The third-order valence-electron chi connectivity index (χ3n) is 4.85. The Kier molecular flexibility index (Phi) is 8.10. The number of aliphatic carboxylic acids is 1. The number of rotatable bonds is 8. The van der Waals surface area contributed by atoms with E-state index in [2.05, 4.69) is 16.0 Å². The van der Waals surface area contributed by atoms with Crippen molar-refractivity contribution in [3.05, 3.63) is 29.8 Å². The number of carbonyl (C=O) groups is 3. The summed E-state index contributed by atoms with van der Waals surface area (Å²) in [6, 6.07) is 6.95. The van der Waals surface area contributed by atoms with Crippen molar-refractivity contribution in [1.82, 2.24) is 10.6 Å². The van der Waals surface area contributed by atoms with E-state index in [0.717, 1.165) is 25.7 Å². The van der Waals surface area contributed by atoms with Crippen LogP contribution in [0, 0.1) is 0 Å². The van der Waals surface area contributed by atoms with Crippen LogP contribution in [-0.2, 0) is 9.59 Å². The molecular formula is C20H29N3O4. The third kappa shape index (κ3) is 7.29. The molecule has 0 bridgehead atoms. The van der Waals surface area contributed by atoms with Crippen LogP contribution in [0.4, 0.5) is 10.5 Å². The molecule has 7 heteroatoms. The Morgan fingerprint density at radius 3 is 2.63 bits per heavy atom. The molecule has 1 aliphatic carbocycles. The molecule has 0 saturated heterocycles. The number of hydrogen-bond acceptors (Lipinski definition) is 3. The highest BCUT2D eigenvalue weighted by atomic mass is 16.4. The first-order valence-corrected chi connectivity index (χ1v) is 9.62. The highest BCUT2D eigenvalue weighted by molar-refractivity contribution is 5.91. The van der Waals surface area contributed by atoms with Gasteiger partial charge in [0.25, 0.3) is 0 Å². The second kappa shape index (κ2) is 10.5. The van der Waals surface area contributed by atoms with Crippen LogP contribution in [0.25, 0.3) is 0 Å². The average Bonchev–Trinajstić information content (AvgIpc) is 2.65. The van der Waals surface area contributed by atoms with Crippen LogP contribution in [0.3, 0.4) is 0 Å². The number of nitrogens with one attached hydrogen (secondary N) is 3. The molecule has 27 heavy (non-hydrogen) atoms. The summed E-state index contributed by atoms with van der Waals surface area (Å²) in [6.07, 6.45) is 6.46. The lowest BCUT2D eigenvalue weighted by molar-refractivity contribution is -0.138. The maximum Gasteiger partial charge on any atom is 0.315 e. The Morgan fingerprint density at radius 1 is 1.19 bits per heavy atom. The Morgan fingerprint density at radius 2 is 1.93 bits per heavy atom. The summed E-state index contributed by atoms with van der Waals surface area (Å²) in [6.45, 7) is 2.04. The molecule has 1 aromatic carbocycles. The van der Waals surface area contributed by atoms with Crippen molar-refractivity contribution in [3.63, 3.8) is 0 Å². The van der Waals surface area contributed by atoms with Crippen molar-refractivity contribution in [2.75, 3.05) is 11.9 Å². The second-order valence-electron chi connectivity index (χ2n) is 7.07. The third-order valence-corrected chi connectivity index (χ3v) is 4.85. The summed E-state index contributed by atoms with van der Waals surface area (Å²) < 4.78 is 0.